The zero-order valence-corrected chi connectivity index (χ0v) is 15.6. The van der Waals surface area contributed by atoms with E-state index in [1.807, 2.05) is 0 Å². The Labute approximate surface area is 165 Å². The number of Topliss-reactive ketones (excluding diaryl/α,β-unsaturated/α-hetero) is 1. The number of carbonyl (C=O) groups is 3. The summed E-state index contributed by atoms with van der Waals surface area (Å²) >= 11 is 0. The SMILES string of the molecule is COc1c2c(c(O)c3c1C(O)CC(O)(C(C)=O)C3)C(=O)c1cccc(O)c1C2=O. The lowest BCUT2D eigenvalue weighted by Gasteiger charge is -2.37. The molecule has 2 unspecified atom stereocenters. The monoisotopic (exact) mass is 398 g/mol. The highest BCUT2D eigenvalue weighted by Crippen LogP contribution is 2.51. The highest BCUT2D eigenvalue weighted by molar-refractivity contribution is 6.31. The molecule has 0 radical (unpaired) electrons. The van der Waals surface area contributed by atoms with E-state index >= 15 is 0 Å². The standard InChI is InChI=1S/C21H18O8/c1-8(22)21(28)6-10-14(12(24)7-21)20(29-2)16-15(18(10)26)17(25)9-4-3-5-11(23)13(9)19(16)27/h3-5,12,23-24,26,28H,6-7H2,1-2H3. The molecule has 0 spiro atoms. The summed E-state index contributed by atoms with van der Waals surface area (Å²) in [5, 5.41) is 42.3. The van der Waals surface area contributed by atoms with Gasteiger partial charge in [-0.2, -0.15) is 0 Å². The van der Waals surface area contributed by atoms with Crippen molar-refractivity contribution in [3.05, 3.63) is 51.6 Å². The largest absolute Gasteiger partial charge is 0.507 e. The van der Waals surface area contributed by atoms with Gasteiger partial charge in [0.15, 0.2) is 11.6 Å². The number of methoxy groups -OCH3 is 1. The maximum atomic E-state index is 13.1. The lowest BCUT2D eigenvalue weighted by atomic mass is 9.72. The van der Waals surface area contributed by atoms with E-state index in [2.05, 4.69) is 0 Å². The number of fused-ring (bicyclic) bond motifs is 3. The molecule has 0 fully saturated rings. The zero-order valence-electron chi connectivity index (χ0n) is 15.6. The molecule has 150 valence electrons. The van der Waals surface area contributed by atoms with Crippen LogP contribution in [-0.4, -0.2) is 50.5 Å². The van der Waals surface area contributed by atoms with E-state index in [4.69, 9.17) is 4.74 Å². The van der Waals surface area contributed by atoms with Gasteiger partial charge in [-0.15, -0.1) is 0 Å². The van der Waals surface area contributed by atoms with Crippen molar-refractivity contribution in [2.75, 3.05) is 7.11 Å². The van der Waals surface area contributed by atoms with Gasteiger partial charge in [0.05, 0.1) is 29.9 Å². The van der Waals surface area contributed by atoms with Crippen LogP contribution in [0.25, 0.3) is 0 Å². The number of aliphatic hydroxyl groups is 2. The maximum Gasteiger partial charge on any atom is 0.202 e. The van der Waals surface area contributed by atoms with Crippen LogP contribution < -0.4 is 4.74 Å². The number of aromatic hydroxyl groups is 2. The van der Waals surface area contributed by atoms with Gasteiger partial charge in [-0.25, -0.2) is 0 Å². The number of rotatable bonds is 2. The third-order valence-electron chi connectivity index (χ3n) is 5.73. The summed E-state index contributed by atoms with van der Waals surface area (Å²) in [6.45, 7) is 1.16. The van der Waals surface area contributed by atoms with Crippen molar-refractivity contribution in [3.8, 4) is 17.2 Å². The van der Waals surface area contributed by atoms with Crippen LogP contribution in [0.15, 0.2) is 18.2 Å². The normalized spacial score (nSPS) is 22.6. The average Bonchev–Trinajstić information content (AvgIpc) is 2.66. The van der Waals surface area contributed by atoms with Crippen molar-refractivity contribution >= 4 is 17.3 Å². The fraction of sp³-hybridized carbons (Fsp3) is 0.286. The van der Waals surface area contributed by atoms with Gasteiger partial charge in [0.1, 0.15) is 22.8 Å². The minimum atomic E-state index is -1.93. The van der Waals surface area contributed by atoms with Gasteiger partial charge < -0.3 is 25.2 Å². The summed E-state index contributed by atoms with van der Waals surface area (Å²) in [7, 11) is 1.24. The first-order valence-corrected chi connectivity index (χ1v) is 8.91. The van der Waals surface area contributed by atoms with Gasteiger partial charge in [-0.3, -0.25) is 14.4 Å². The van der Waals surface area contributed by atoms with Crippen molar-refractivity contribution in [1.82, 2.24) is 0 Å². The van der Waals surface area contributed by atoms with Gasteiger partial charge in [-0.1, -0.05) is 12.1 Å². The average molecular weight is 398 g/mol. The summed E-state index contributed by atoms with van der Waals surface area (Å²) in [4.78, 5) is 38.2. The Balaban J connectivity index is 2.08. The molecule has 0 aromatic heterocycles. The molecule has 2 aromatic carbocycles. The minimum absolute atomic E-state index is 0.0261. The molecule has 2 aliphatic rings. The van der Waals surface area contributed by atoms with Crippen LogP contribution in [0.1, 0.15) is 62.4 Å². The second kappa shape index (κ2) is 6.13. The first-order valence-electron chi connectivity index (χ1n) is 8.91. The van der Waals surface area contributed by atoms with E-state index in [1.165, 1.54) is 25.3 Å². The van der Waals surface area contributed by atoms with E-state index < -0.39 is 40.6 Å². The molecule has 2 aliphatic carbocycles. The number of benzene rings is 2. The molecule has 8 heteroatoms. The number of ketones is 3. The maximum absolute atomic E-state index is 13.1. The smallest absolute Gasteiger partial charge is 0.202 e. The van der Waals surface area contributed by atoms with E-state index in [0.717, 1.165) is 6.92 Å². The van der Waals surface area contributed by atoms with E-state index in [-0.39, 0.29) is 52.0 Å². The van der Waals surface area contributed by atoms with Crippen LogP contribution in [0.5, 0.6) is 17.2 Å². The van der Waals surface area contributed by atoms with Crippen LogP contribution >= 0.6 is 0 Å². The lowest BCUT2D eigenvalue weighted by molar-refractivity contribution is -0.139. The third kappa shape index (κ3) is 2.43. The molecule has 2 aromatic rings. The van der Waals surface area contributed by atoms with Crippen LogP contribution in [-0.2, 0) is 11.2 Å². The minimum Gasteiger partial charge on any atom is -0.507 e. The molecule has 0 bridgehead atoms. The number of aliphatic hydroxyl groups excluding tert-OH is 1. The molecule has 0 saturated heterocycles. The van der Waals surface area contributed by atoms with Crippen LogP contribution in [0.4, 0.5) is 0 Å². The second-order valence-electron chi connectivity index (χ2n) is 7.37. The number of ether oxygens (including phenoxy) is 1. The molecule has 4 N–H and O–H groups in total. The Kier molecular flexibility index (Phi) is 4.04. The molecule has 0 amide bonds. The van der Waals surface area contributed by atoms with Crippen LogP contribution in [0.2, 0.25) is 0 Å². The number of hydrogen-bond acceptors (Lipinski definition) is 8. The molecule has 29 heavy (non-hydrogen) atoms. The summed E-state index contributed by atoms with van der Waals surface area (Å²) < 4.78 is 5.35. The van der Waals surface area contributed by atoms with Crippen molar-refractivity contribution in [2.45, 2.75) is 31.5 Å². The predicted octanol–water partition coefficient (Wildman–Crippen LogP) is 1.18. The first-order chi connectivity index (χ1) is 13.6. The van der Waals surface area contributed by atoms with Crippen molar-refractivity contribution < 1.29 is 39.5 Å². The predicted molar refractivity (Wildman–Crippen MR) is 98.5 cm³/mol. The second-order valence-corrected chi connectivity index (χ2v) is 7.37. The van der Waals surface area contributed by atoms with Crippen molar-refractivity contribution in [3.63, 3.8) is 0 Å². The van der Waals surface area contributed by atoms with Crippen molar-refractivity contribution in [2.24, 2.45) is 0 Å². The Morgan fingerprint density at radius 1 is 1.14 bits per heavy atom. The molecular weight excluding hydrogens is 380 g/mol. The summed E-state index contributed by atoms with van der Waals surface area (Å²) in [6.07, 6.45) is -2.13. The topological polar surface area (TPSA) is 141 Å². The Bertz CT molecular complexity index is 1120. The molecule has 0 aliphatic heterocycles. The molecule has 0 saturated carbocycles. The van der Waals surface area contributed by atoms with Crippen LogP contribution in [0, 0.1) is 0 Å². The Morgan fingerprint density at radius 2 is 1.83 bits per heavy atom. The summed E-state index contributed by atoms with van der Waals surface area (Å²) in [6, 6.07) is 4.02. The number of carbonyl (C=O) groups excluding carboxylic acids is 3. The number of phenols is 2. The van der Waals surface area contributed by atoms with E-state index in [9.17, 15) is 34.8 Å². The number of phenolic OH excluding ortho intramolecular Hbond substituents is 2. The molecule has 0 heterocycles. The lowest BCUT2D eigenvalue weighted by Crippen LogP contribution is -2.44. The van der Waals surface area contributed by atoms with E-state index in [1.54, 1.807) is 0 Å². The Hall–Kier alpha value is -3.23. The molecule has 8 nitrogen and oxygen atoms in total. The third-order valence-corrected chi connectivity index (χ3v) is 5.73. The van der Waals surface area contributed by atoms with Crippen LogP contribution in [0.3, 0.4) is 0 Å². The molecule has 2 atom stereocenters. The highest BCUT2D eigenvalue weighted by Gasteiger charge is 2.47. The molecule has 4 rings (SSSR count). The first kappa shape index (κ1) is 19.1. The quantitative estimate of drug-likeness (QED) is 0.504. The van der Waals surface area contributed by atoms with Gasteiger partial charge in [0, 0.05) is 29.5 Å². The summed E-state index contributed by atoms with van der Waals surface area (Å²) in [5.41, 5.74) is -2.83. The number of hydrogen-bond donors (Lipinski definition) is 4. The zero-order chi connectivity index (χ0) is 21.2. The Morgan fingerprint density at radius 3 is 2.45 bits per heavy atom. The highest BCUT2D eigenvalue weighted by atomic mass is 16.5. The summed E-state index contributed by atoms with van der Waals surface area (Å²) in [5.74, 6) is -3.16. The van der Waals surface area contributed by atoms with Gasteiger partial charge >= 0.3 is 0 Å². The van der Waals surface area contributed by atoms with Gasteiger partial charge in [0.2, 0.25) is 5.78 Å². The van der Waals surface area contributed by atoms with E-state index in [0.29, 0.717) is 0 Å². The fourth-order valence-electron chi connectivity index (χ4n) is 4.25. The van der Waals surface area contributed by atoms with Crippen molar-refractivity contribution in [1.29, 1.82) is 0 Å². The fourth-order valence-corrected chi connectivity index (χ4v) is 4.25. The molecular formula is C21H18O8. The van der Waals surface area contributed by atoms with Gasteiger partial charge in [-0.05, 0) is 13.0 Å². The van der Waals surface area contributed by atoms with Gasteiger partial charge in [0.25, 0.3) is 0 Å².